The average Bonchev–Trinajstić information content (AvgIpc) is 2.83. The van der Waals surface area contributed by atoms with Gasteiger partial charge in [0.25, 0.3) is 0 Å². The minimum Gasteiger partial charge on any atom is -0.352 e. The molecule has 0 radical (unpaired) electrons. The molecule has 1 rings (SSSR count). The highest BCUT2D eigenvalue weighted by Gasteiger charge is 2.34. The van der Waals surface area contributed by atoms with Crippen molar-refractivity contribution < 1.29 is 13.2 Å². The van der Waals surface area contributed by atoms with Crippen molar-refractivity contribution in [2.45, 2.75) is 38.4 Å². The van der Waals surface area contributed by atoms with Crippen molar-refractivity contribution in [1.29, 1.82) is 0 Å². The van der Waals surface area contributed by atoms with E-state index in [9.17, 15) is 13.2 Å². The molecule has 1 heterocycles. The molecule has 0 bridgehead atoms. The first kappa shape index (κ1) is 18.8. The molecule has 0 aromatic carbocycles. The lowest BCUT2D eigenvalue weighted by Gasteiger charge is -2.25. The van der Waals surface area contributed by atoms with Gasteiger partial charge in [-0.2, -0.15) is 13.2 Å². The van der Waals surface area contributed by atoms with Crippen LogP contribution in [0.4, 0.5) is 13.2 Å². The molecule has 1 N–H and O–H groups in total. The van der Waals surface area contributed by atoms with Crippen molar-refractivity contribution >= 4 is 5.96 Å². The van der Waals surface area contributed by atoms with Gasteiger partial charge in [-0.05, 0) is 26.2 Å². The van der Waals surface area contributed by atoms with E-state index in [-0.39, 0.29) is 6.04 Å². The molecule has 0 amide bonds. The number of allylic oxidation sites excluding steroid dienone is 1. The minimum atomic E-state index is -4.13. The molecule has 1 fully saturated rings. The SMILES string of the molecule is C=CCCCN(C)C(=NCC)NC1CCN(CC(F)(F)F)C1. The number of unbranched alkanes of at least 4 members (excludes halogenated alkanes) is 1. The van der Waals surface area contributed by atoms with Crippen LogP contribution in [0.2, 0.25) is 0 Å². The van der Waals surface area contributed by atoms with E-state index in [1.807, 2.05) is 24.9 Å². The Bertz CT molecular complexity index is 368. The standard InChI is InChI=1S/C15H27F3N4/c1-4-6-7-9-21(3)14(19-5-2)20-13-8-10-22(11-13)12-15(16,17)18/h4,13H,1,5-12H2,2-3H3,(H,19,20). The number of nitrogens with zero attached hydrogens (tertiary/aromatic N) is 3. The molecule has 7 heteroatoms. The zero-order valence-corrected chi connectivity index (χ0v) is 13.5. The predicted molar refractivity (Wildman–Crippen MR) is 84.1 cm³/mol. The molecule has 1 saturated heterocycles. The average molecular weight is 320 g/mol. The number of hydrogen-bond acceptors (Lipinski definition) is 2. The van der Waals surface area contributed by atoms with E-state index in [1.54, 1.807) is 0 Å². The van der Waals surface area contributed by atoms with E-state index in [1.165, 1.54) is 4.90 Å². The van der Waals surface area contributed by atoms with Gasteiger partial charge in [0.1, 0.15) is 0 Å². The van der Waals surface area contributed by atoms with Gasteiger partial charge in [0, 0.05) is 39.3 Å². The van der Waals surface area contributed by atoms with E-state index in [0.717, 1.165) is 25.3 Å². The van der Waals surface area contributed by atoms with Crippen LogP contribution >= 0.6 is 0 Å². The Morgan fingerprint density at radius 3 is 2.82 bits per heavy atom. The van der Waals surface area contributed by atoms with E-state index in [0.29, 0.717) is 26.1 Å². The smallest absolute Gasteiger partial charge is 0.352 e. The third-order valence-corrected chi connectivity index (χ3v) is 3.58. The largest absolute Gasteiger partial charge is 0.401 e. The van der Waals surface area contributed by atoms with Gasteiger partial charge in [0.2, 0.25) is 0 Å². The van der Waals surface area contributed by atoms with Crippen LogP contribution in [-0.4, -0.2) is 67.7 Å². The number of alkyl halides is 3. The zero-order valence-electron chi connectivity index (χ0n) is 13.5. The molecule has 1 aliphatic heterocycles. The van der Waals surface area contributed by atoms with Crippen molar-refractivity contribution in [3.05, 3.63) is 12.7 Å². The molecule has 0 aromatic heterocycles. The quantitative estimate of drug-likeness (QED) is 0.338. The van der Waals surface area contributed by atoms with Gasteiger partial charge in [0.05, 0.1) is 6.54 Å². The second-order valence-electron chi connectivity index (χ2n) is 5.63. The van der Waals surface area contributed by atoms with Crippen molar-refractivity contribution in [1.82, 2.24) is 15.1 Å². The maximum absolute atomic E-state index is 12.4. The number of nitrogens with one attached hydrogen (secondary N) is 1. The van der Waals surface area contributed by atoms with Gasteiger partial charge in [-0.1, -0.05) is 6.08 Å². The van der Waals surface area contributed by atoms with E-state index < -0.39 is 12.7 Å². The molecule has 0 aliphatic carbocycles. The highest BCUT2D eigenvalue weighted by Crippen LogP contribution is 2.20. The molecule has 1 unspecified atom stereocenters. The van der Waals surface area contributed by atoms with Crippen molar-refractivity contribution in [2.24, 2.45) is 4.99 Å². The van der Waals surface area contributed by atoms with Gasteiger partial charge in [-0.3, -0.25) is 9.89 Å². The summed E-state index contributed by atoms with van der Waals surface area (Å²) in [6.45, 7) is 7.18. The first-order chi connectivity index (χ1) is 10.4. The topological polar surface area (TPSA) is 30.9 Å². The minimum absolute atomic E-state index is 0.0227. The monoisotopic (exact) mass is 320 g/mol. The molecule has 1 atom stereocenters. The summed E-state index contributed by atoms with van der Waals surface area (Å²) in [5.41, 5.74) is 0. The van der Waals surface area contributed by atoms with Crippen LogP contribution in [0.3, 0.4) is 0 Å². The fraction of sp³-hybridized carbons (Fsp3) is 0.800. The summed E-state index contributed by atoms with van der Waals surface area (Å²) in [6, 6.07) is 0.0227. The maximum atomic E-state index is 12.4. The highest BCUT2D eigenvalue weighted by molar-refractivity contribution is 5.80. The number of hydrogen-bond donors (Lipinski definition) is 1. The van der Waals surface area contributed by atoms with Crippen LogP contribution in [0.5, 0.6) is 0 Å². The Kier molecular flexibility index (Phi) is 7.72. The summed E-state index contributed by atoms with van der Waals surface area (Å²) < 4.78 is 37.3. The lowest BCUT2D eigenvalue weighted by atomic mass is 10.2. The second kappa shape index (κ2) is 9.02. The summed E-state index contributed by atoms with van der Waals surface area (Å²) in [4.78, 5) is 7.90. The lowest BCUT2D eigenvalue weighted by molar-refractivity contribution is -0.143. The van der Waals surface area contributed by atoms with Gasteiger partial charge in [-0.15, -0.1) is 6.58 Å². The normalized spacial score (nSPS) is 20.2. The van der Waals surface area contributed by atoms with Gasteiger partial charge >= 0.3 is 6.18 Å². The molecule has 22 heavy (non-hydrogen) atoms. The van der Waals surface area contributed by atoms with Gasteiger partial charge < -0.3 is 10.2 Å². The van der Waals surface area contributed by atoms with Gasteiger partial charge in [-0.25, -0.2) is 0 Å². The highest BCUT2D eigenvalue weighted by atomic mass is 19.4. The molecule has 0 aromatic rings. The Morgan fingerprint density at radius 1 is 1.50 bits per heavy atom. The van der Waals surface area contributed by atoms with Crippen LogP contribution in [0.1, 0.15) is 26.2 Å². The summed E-state index contributed by atoms with van der Waals surface area (Å²) >= 11 is 0. The maximum Gasteiger partial charge on any atom is 0.401 e. The summed E-state index contributed by atoms with van der Waals surface area (Å²) in [6.07, 6.45) is 0.377. The number of guanidine groups is 1. The van der Waals surface area contributed by atoms with Crippen LogP contribution in [0.15, 0.2) is 17.6 Å². The fourth-order valence-corrected chi connectivity index (χ4v) is 2.54. The Labute approximate surface area is 131 Å². The predicted octanol–water partition coefficient (Wildman–Crippen LogP) is 2.49. The number of aliphatic imine (C=N–C) groups is 1. The third-order valence-electron chi connectivity index (χ3n) is 3.58. The van der Waals surface area contributed by atoms with Crippen LogP contribution in [-0.2, 0) is 0 Å². The second-order valence-corrected chi connectivity index (χ2v) is 5.63. The molecular formula is C15H27F3N4. The Hall–Kier alpha value is -1.24. The van der Waals surface area contributed by atoms with Crippen LogP contribution in [0.25, 0.3) is 0 Å². The van der Waals surface area contributed by atoms with E-state index >= 15 is 0 Å². The Morgan fingerprint density at radius 2 is 2.23 bits per heavy atom. The fourth-order valence-electron chi connectivity index (χ4n) is 2.54. The van der Waals surface area contributed by atoms with Crippen LogP contribution in [0, 0.1) is 0 Å². The molecule has 128 valence electrons. The first-order valence-corrected chi connectivity index (χ1v) is 7.77. The molecule has 4 nitrogen and oxygen atoms in total. The zero-order chi connectivity index (χ0) is 16.6. The molecule has 0 saturated carbocycles. The van der Waals surface area contributed by atoms with Crippen molar-refractivity contribution in [3.8, 4) is 0 Å². The Balaban J connectivity index is 2.47. The van der Waals surface area contributed by atoms with Crippen molar-refractivity contribution in [2.75, 3.05) is 39.8 Å². The van der Waals surface area contributed by atoms with E-state index in [2.05, 4.69) is 16.9 Å². The van der Waals surface area contributed by atoms with Crippen LogP contribution < -0.4 is 5.32 Å². The van der Waals surface area contributed by atoms with E-state index in [4.69, 9.17) is 0 Å². The summed E-state index contributed by atoms with van der Waals surface area (Å²) in [5.74, 6) is 0.769. The number of likely N-dealkylation sites (tertiary alicyclic amines) is 1. The lowest BCUT2D eigenvalue weighted by Crippen LogP contribution is -2.46. The first-order valence-electron chi connectivity index (χ1n) is 7.77. The number of rotatable bonds is 7. The summed E-state index contributed by atoms with van der Waals surface area (Å²) in [5, 5.41) is 3.30. The summed E-state index contributed by atoms with van der Waals surface area (Å²) in [7, 11) is 1.95. The molecule has 0 spiro atoms. The number of halogens is 3. The van der Waals surface area contributed by atoms with Gasteiger partial charge in [0.15, 0.2) is 5.96 Å². The molecular weight excluding hydrogens is 293 g/mol. The van der Waals surface area contributed by atoms with Crippen molar-refractivity contribution in [3.63, 3.8) is 0 Å². The molecule has 1 aliphatic rings. The third kappa shape index (κ3) is 7.15.